The molecule has 0 aliphatic heterocycles. The summed E-state index contributed by atoms with van der Waals surface area (Å²) in [5.41, 5.74) is 0. The SMILES string of the molecule is CCCCCCCCCCC(OCCCC)=C(COCOCOCC(OCCCC)=C(CCCCCCCCCC)OCCCC)OCCCC. The van der Waals surface area contributed by atoms with E-state index >= 15 is 0 Å². The van der Waals surface area contributed by atoms with Crippen molar-refractivity contribution in [3.63, 3.8) is 0 Å². The first kappa shape index (κ1) is 49.6. The minimum atomic E-state index is 0.120. The maximum Gasteiger partial charge on any atom is 0.159 e. The second kappa shape index (κ2) is 41.3. The van der Waals surface area contributed by atoms with Gasteiger partial charge in [-0.1, -0.05) is 157 Å². The zero-order chi connectivity index (χ0) is 37.3. The summed E-state index contributed by atoms with van der Waals surface area (Å²) in [4.78, 5) is 0. The Morgan fingerprint density at radius 3 is 0.863 bits per heavy atom. The summed E-state index contributed by atoms with van der Waals surface area (Å²) >= 11 is 0. The predicted octanol–water partition coefficient (Wildman–Crippen LogP) is 13.7. The molecule has 0 rings (SSSR count). The average molecular weight is 727 g/mol. The van der Waals surface area contributed by atoms with E-state index in [1.165, 1.54) is 89.9 Å². The van der Waals surface area contributed by atoms with E-state index in [4.69, 9.17) is 33.2 Å². The quantitative estimate of drug-likeness (QED) is 0.0352. The summed E-state index contributed by atoms with van der Waals surface area (Å²) in [6.07, 6.45) is 30.9. The van der Waals surface area contributed by atoms with E-state index in [1.807, 2.05) is 0 Å². The van der Waals surface area contributed by atoms with Crippen molar-refractivity contribution in [2.45, 2.75) is 208 Å². The van der Waals surface area contributed by atoms with Crippen LogP contribution < -0.4 is 0 Å². The number of rotatable bonds is 42. The lowest BCUT2D eigenvalue weighted by atomic mass is 10.1. The lowest BCUT2D eigenvalue weighted by Gasteiger charge is -2.19. The average Bonchev–Trinajstić information content (AvgIpc) is 3.14. The van der Waals surface area contributed by atoms with Gasteiger partial charge in [0.25, 0.3) is 0 Å². The summed E-state index contributed by atoms with van der Waals surface area (Å²) in [7, 11) is 0. The molecule has 0 aliphatic carbocycles. The molecule has 51 heavy (non-hydrogen) atoms. The van der Waals surface area contributed by atoms with Gasteiger partial charge in [-0.05, 0) is 38.5 Å². The minimum absolute atomic E-state index is 0.120. The topological polar surface area (TPSA) is 64.6 Å². The molecular weight excluding hydrogens is 640 g/mol. The second-order valence-electron chi connectivity index (χ2n) is 14.1. The monoisotopic (exact) mass is 727 g/mol. The Morgan fingerprint density at radius 1 is 0.275 bits per heavy atom. The summed E-state index contributed by atoms with van der Waals surface area (Å²) in [6, 6.07) is 0. The molecule has 0 aromatic rings. The number of unbranched alkanes of at least 4 members (excludes halogenated alkanes) is 18. The van der Waals surface area contributed by atoms with Crippen LogP contribution in [0.5, 0.6) is 0 Å². The highest BCUT2D eigenvalue weighted by molar-refractivity contribution is 5.03. The van der Waals surface area contributed by atoms with Gasteiger partial charge in [-0.25, -0.2) is 0 Å². The summed E-state index contributed by atoms with van der Waals surface area (Å²) in [5, 5.41) is 0. The normalized spacial score (nSPS) is 12.5. The Hall–Kier alpha value is -1.44. The molecule has 7 nitrogen and oxygen atoms in total. The van der Waals surface area contributed by atoms with Gasteiger partial charge in [0.15, 0.2) is 11.5 Å². The van der Waals surface area contributed by atoms with Gasteiger partial charge in [0, 0.05) is 12.8 Å². The third-order valence-corrected chi connectivity index (χ3v) is 9.03. The van der Waals surface area contributed by atoms with Crippen molar-refractivity contribution in [1.29, 1.82) is 0 Å². The van der Waals surface area contributed by atoms with Crippen molar-refractivity contribution >= 4 is 0 Å². The first-order valence-electron chi connectivity index (χ1n) is 21.9. The van der Waals surface area contributed by atoms with Gasteiger partial charge in [0.05, 0.1) is 26.4 Å². The Kier molecular flexibility index (Phi) is 40.2. The van der Waals surface area contributed by atoms with E-state index in [-0.39, 0.29) is 13.6 Å². The van der Waals surface area contributed by atoms with E-state index in [1.54, 1.807) is 0 Å². The van der Waals surface area contributed by atoms with Crippen LogP contribution in [-0.4, -0.2) is 53.2 Å². The molecule has 0 amide bonds. The van der Waals surface area contributed by atoms with Crippen LogP contribution in [0.2, 0.25) is 0 Å². The van der Waals surface area contributed by atoms with E-state index in [2.05, 4.69) is 41.5 Å². The van der Waals surface area contributed by atoms with Crippen LogP contribution in [0.3, 0.4) is 0 Å². The van der Waals surface area contributed by atoms with Crippen LogP contribution in [0.1, 0.15) is 208 Å². The molecule has 0 heterocycles. The van der Waals surface area contributed by atoms with Gasteiger partial charge in [-0.3, -0.25) is 0 Å². The van der Waals surface area contributed by atoms with E-state index in [0.717, 1.165) is 100 Å². The van der Waals surface area contributed by atoms with E-state index in [9.17, 15) is 0 Å². The predicted molar refractivity (Wildman–Crippen MR) is 215 cm³/mol. The van der Waals surface area contributed by atoms with Crippen LogP contribution in [0.25, 0.3) is 0 Å². The zero-order valence-corrected chi connectivity index (χ0v) is 34.9. The smallest absolute Gasteiger partial charge is 0.159 e. The van der Waals surface area contributed by atoms with Crippen LogP contribution in [0.15, 0.2) is 23.0 Å². The Morgan fingerprint density at radius 2 is 0.549 bits per heavy atom. The summed E-state index contributed by atoms with van der Waals surface area (Å²) in [5.74, 6) is 3.54. The molecule has 0 N–H and O–H groups in total. The maximum absolute atomic E-state index is 6.29. The van der Waals surface area contributed by atoms with Gasteiger partial charge in [-0.2, -0.15) is 0 Å². The van der Waals surface area contributed by atoms with Crippen molar-refractivity contribution in [1.82, 2.24) is 0 Å². The van der Waals surface area contributed by atoms with E-state index in [0.29, 0.717) is 39.6 Å². The van der Waals surface area contributed by atoms with Gasteiger partial charge >= 0.3 is 0 Å². The fourth-order valence-electron chi connectivity index (χ4n) is 5.61. The fraction of sp³-hybridized carbons (Fsp3) is 0.909. The number of ether oxygens (including phenoxy) is 7. The molecule has 0 fully saturated rings. The molecule has 0 atom stereocenters. The van der Waals surface area contributed by atoms with Gasteiger partial charge in [0.2, 0.25) is 0 Å². The molecule has 0 bridgehead atoms. The van der Waals surface area contributed by atoms with Gasteiger partial charge in [-0.15, -0.1) is 0 Å². The minimum Gasteiger partial charge on any atom is -0.494 e. The molecule has 0 aromatic heterocycles. The van der Waals surface area contributed by atoms with Crippen molar-refractivity contribution in [3.05, 3.63) is 23.0 Å². The molecule has 0 spiro atoms. The van der Waals surface area contributed by atoms with Crippen LogP contribution in [0, 0.1) is 0 Å². The summed E-state index contributed by atoms with van der Waals surface area (Å²) in [6.45, 7) is 17.0. The third kappa shape index (κ3) is 32.9. The molecule has 0 unspecified atom stereocenters. The largest absolute Gasteiger partial charge is 0.494 e. The zero-order valence-electron chi connectivity index (χ0n) is 34.9. The molecule has 7 heteroatoms. The molecule has 0 radical (unpaired) electrons. The van der Waals surface area contributed by atoms with Crippen molar-refractivity contribution in [3.8, 4) is 0 Å². The lowest BCUT2D eigenvalue weighted by molar-refractivity contribution is -0.132. The Labute approximate surface area is 317 Å². The first-order chi connectivity index (χ1) is 25.2. The molecule has 0 saturated carbocycles. The number of allylic oxidation sites excluding steroid dienone is 2. The van der Waals surface area contributed by atoms with Gasteiger partial charge in [0.1, 0.15) is 38.3 Å². The highest BCUT2D eigenvalue weighted by atomic mass is 16.7. The van der Waals surface area contributed by atoms with Crippen LogP contribution in [-0.2, 0) is 33.2 Å². The maximum atomic E-state index is 6.29. The van der Waals surface area contributed by atoms with Gasteiger partial charge < -0.3 is 33.2 Å². The van der Waals surface area contributed by atoms with E-state index < -0.39 is 0 Å². The van der Waals surface area contributed by atoms with Crippen molar-refractivity contribution in [2.24, 2.45) is 0 Å². The lowest BCUT2D eigenvalue weighted by Crippen LogP contribution is -2.14. The summed E-state index contributed by atoms with van der Waals surface area (Å²) < 4.78 is 42.8. The highest BCUT2D eigenvalue weighted by Gasteiger charge is 2.14. The van der Waals surface area contributed by atoms with Crippen LogP contribution >= 0.6 is 0 Å². The first-order valence-corrected chi connectivity index (χ1v) is 21.9. The third-order valence-electron chi connectivity index (χ3n) is 9.03. The molecule has 0 saturated heterocycles. The molecular formula is C44H86O7. The number of hydrogen-bond acceptors (Lipinski definition) is 7. The molecule has 0 aromatic carbocycles. The Bertz CT molecular complexity index is 705. The molecule has 0 aliphatic rings. The molecule has 304 valence electrons. The second-order valence-corrected chi connectivity index (χ2v) is 14.1. The number of hydrogen-bond donors (Lipinski definition) is 0. The highest BCUT2D eigenvalue weighted by Crippen LogP contribution is 2.21. The van der Waals surface area contributed by atoms with Crippen molar-refractivity contribution < 1.29 is 33.2 Å². The van der Waals surface area contributed by atoms with Crippen molar-refractivity contribution in [2.75, 3.05) is 53.2 Å². The fourth-order valence-corrected chi connectivity index (χ4v) is 5.61. The van der Waals surface area contributed by atoms with Crippen LogP contribution in [0.4, 0.5) is 0 Å². The Balaban J connectivity index is 5.12. The standard InChI is InChI=1S/C44H86O7/c1-7-13-19-21-23-25-27-29-31-41(48-33-15-9-3)43(50-35-17-11-5)37-45-39-47-40-46-38-44(51-36-18-12-6)42(49-34-16-10-4)32-30-28-26-24-22-20-14-8-2/h7-40H2,1-6H3.